The van der Waals surface area contributed by atoms with E-state index in [1.54, 1.807) is 34.6 Å². The lowest BCUT2D eigenvalue weighted by atomic mass is 9.79. The molecule has 2 saturated carbocycles. The summed E-state index contributed by atoms with van der Waals surface area (Å²) in [5, 5.41) is 12.6. The largest absolute Gasteiger partial charge is 0.480 e. The van der Waals surface area contributed by atoms with E-state index in [-0.39, 0.29) is 12.6 Å². The van der Waals surface area contributed by atoms with Crippen LogP contribution in [-0.2, 0) is 21.4 Å². The second kappa shape index (κ2) is 18.4. The number of benzene rings is 3. The van der Waals surface area contributed by atoms with E-state index in [9.17, 15) is 23.1 Å². The summed E-state index contributed by atoms with van der Waals surface area (Å²) >= 11 is 1.54. The maximum atomic E-state index is 14.7. The molecule has 0 unspecified atom stereocenters. The van der Waals surface area contributed by atoms with Gasteiger partial charge in [0.05, 0.1) is 4.90 Å². The number of hydrogen-bond acceptors (Lipinski definition) is 5. The van der Waals surface area contributed by atoms with Crippen molar-refractivity contribution < 1.29 is 23.1 Å². The molecule has 3 aromatic carbocycles. The van der Waals surface area contributed by atoms with Crippen LogP contribution in [0.5, 0.6) is 0 Å². The Morgan fingerprint density at radius 2 is 1.44 bits per heavy atom. The molecule has 2 aliphatic carbocycles. The van der Waals surface area contributed by atoms with Gasteiger partial charge in [-0.1, -0.05) is 113 Å². The van der Waals surface area contributed by atoms with Gasteiger partial charge >= 0.3 is 5.97 Å². The van der Waals surface area contributed by atoms with Gasteiger partial charge in [0, 0.05) is 18.2 Å². The summed E-state index contributed by atoms with van der Waals surface area (Å²) in [6, 6.07) is 21.0. The smallest absolute Gasteiger partial charge is 0.326 e. The van der Waals surface area contributed by atoms with Crippen molar-refractivity contribution in [3.05, 3.63) is 89.5 Å². The van der Waals surface area contributed by atoms with E-state index in [1.807, 2.05) is 55.6 Å². The molecule has 50 heavy (non-hydrogen) atoms. The topological polar surface area (TPSA) is 104 Å². The quantitative estimate of drug-likeness (QED) is 0.153. The maximum Gasteiger partial charge on any atom is 0.326 e. The molecule has 2 aliphatic rings. The third-order valence-corrected chi connectivity index (χ3v) is 13.3. The van der Waals surface area contributed by atoms with Gasteiger partial charge in [-0.15, -0.1) is 0 Å². The molecule has 0 aliphatic heterocycles. The summed E-state index contributed by atoms with van der Waals surface area (Å²) in [6.07, 6.45) is 15.9. The van der Waals surface area contributed by atoms with Gasteiger partial charge in [-0.3, -0.25) is 4.79 Å². The minimum Gasteiger partial charge on any atom is -0.480 e. The lowest BCUT2D eigenvalue weighted by Crippen LogP contribution is -2.42. The zero-order valence-corrected chi connectivity index (χ0v) is 31.3. The van der Waals surface area contributed by atoms with Gasteiger partial charge in [-0.05, 0) is 96.5 Å². The van der Waals surface area contributed by atoms with Crippen LogP contribution in [-0.4, -0.2) is 53.8 Å². The van der Waals surface area contributed by atoms with E-state index in [1.165, 1.54) is 50.3 Å². The zero-order valence-electron chi connectivity index (χ0n) is 29.7. The molecule has 2 N–H and O–H groups in total. The van der Waals surface area contributed by atoms with Gasteiger partial charge in [-0.25, -0.2) is 13.2 Å². The first-order valence-electron chi connectivity index (χ1n) is 18.5. The molecule has 3 aromatic rings. The number of thioether (sulfide) groups is 1. The number of carbonyl (C=O) groups excluding carboxylic acids is 1. The van der Waals surface area contributed by atoms with Gasteiger partial charge in [0.1, 0.15) is 6.04 Å². The van der Waals surface area contributed by atoms with E-state index in [4.69, 9.17) is 0 Å². The monoisotopic (exact) mass is 718 g/mol. The molecule has 0 heterocycles. The van der Waals surface area contributed by atoms with Crippen LogP contribution in [0.15, 0.2) is 77.7 Å². The minimum absolute atomic E-state index is 0.135. The number of nitrogens with zero attached hydrogens (tertiary/aromatic N) is 1. The second-order valence-corrected chi connectivity index (χ2v) is 17.2. The predicted octanol–water partition coefficient (Wildman–Crippen LogP) is 9.10. The van der Waals surface area contributed by atoms with Crippen molar-refractivity contribution in [3.63, 3.8) is 0 Å². The Morgan fingerprint density at radius 3 is 2.02 bits per heavy atom. The van der Waals surface area contributed by atoms with E-state index in [2.05, 4.69) is 5.32 Å². The first-order chi connectivity index (χ1) is 24.2. The van der Waals surface area contributed by atoms with Crippen molar-refractivity contribution in [1.29, 1.82) is 0 Å². The molecule has 5 rings (SSSR count). The van der Waals surface area contributed by atoms with Crippen LogP contribution in [0, 0.1) is 18.8 Å². The van der Waals surface area contributed by atoms with Crippen molar-refractivity contribution in [2.24, 2.45) is 11.8 Å². The highest BCUT2D eigenvalue weighted by atomic mass is 32.2. The van der Waals surface area contributed by atoms with Crippen LogP contribution in [0.4, 0.5) is 0 Å². The molecule has 1 atom stereocenters. The van der Waals surface area contributed by atoms with Crippen molar-refractivity contribution in [3.8, 4) is 11.1 Å². The minimum atomic E-state index is -3.86. The third kappa shape index (κ3) is 10.0. The first kappa shape index (κ1) is 38.1. The number of aliphatic carboxylic acids is 1. The number of carbonyl (C=O) groups is 2. The Kier molecular flexibility index (Phi) is 14.0. The number of hydrogen-bond donors (Lipinski definition) is 2. The fraction of sp³-hybridized carbons (Fsp3) is 0.512. The van der Waals surface area contributed by atoms with Crippen LogP contribution >= 0.6 is 11.8 Å². The molecule has 1 amide bonds. The third-order valence-electron chi connectivity index (χ3n) is 10.7. The Morgan fingerprint density at radius 1 is 0.840 bits per heavy atom. The molecule has 0 aromatic heterocycles. The highest BCUT2D eigenvalue weighted by Gasteiger charge is 2.35. The Bertz CT molecular complexity index is 1650. The molecule has 0 saturated heterocycles. The number of aryl methyl sites for hydroxylation is 1. The fourth-order valence-corrected chi connectivity index (χ4v) is 10.1. The molecular weight excluding hydrogens is 665 g/mol. The summed E-state index contributed by atoms with van der Waals surface area (Å²) in [5.41, 5.74) is 3.66. The van der Waals surface area contributed by atoms with Crippen LogP contribution in [0.1, 0.15) is 105 Å². The first-order valence-corrected chi connectivity index (χ1v) is 21.3. The normalized spacial score (nSPS) is 16.8. The Hall–Kier alpha value is -3.14. The van der Waals surface area contributed by atoms with Gasteiger partial charge in [-0.2, -0.15) is 16.1 Å². The van der Waals surface area contributed by atoms with Gasteiger partial charge in [0.25, 0.3) is 5.91 Å². The summed E-state index contributed by atoms with van der Waals surface area (Å²) < 4.78 is 31.2. The van der Waals surface area contributed by atoms with Crippen molar-refractivity contribution >= 4 is 33.7 Å². The molecule has 0 bridgehead atoms. The molecule has 0 spiro atoms. The summed E-state index contributed by atoms with van der Waals surface area (Å²) in [7, 11) is -3.86. The van der Waals surface area contributed by atoms with Gasteiger partial charge < -0.3 is 10.4 Å². The molecule has 270 valence electrons. The maximum absolute atomic E-state index is 14.7. The molecule has 0 radical (unpaired) electrons. The lowest BCUT2D eigenvalue weighted by Gasteiger charge is -2.37. The van der Waals surface area contributed by atoms with Crippen LogP contribution in [0.2, 0.25) is 0 Å². The molecule has 7 nitrogen and oxygen atoms in total. The number of sulfonamides is 1. The number of amides is 1. The summed E-state index contributed by atoms with van der Waals surface area (Å²) in [6.45, 7) is 2.17. The number of carboxylic acids is 1. The van der Waals surface area contributed by atoms with E-state index in [0.29, 0.717) is 40.0 Å². The Labute approximate surface area is 303 Å². The molecule has 9 heteroatoms. The zero-order chi connectivity index (χ0) is 35.5. The number of carboxylic acid groups (broad SMARTS) is 1. The van der Waals surface area contributed by atoms with Crippen molar-refractivity contribution in [1.82, 2.24) is 9.62 Å². The number of rotatable bonds is 16. The van der Waals surface area contributed by atoms with E-state index < -0.39 is 27.9 Å². The van der Waals surface area contributed by atoms with E-state index in [0.717, 1.165) is 55.2 Å². The van der Waals surface area contributed by atoms with Crippen molar-refractivity contribution in [2.75, 3.05) is 12.0 Å². The van der Waals surface area contributed by atoms with Gasteiger partial charge in [0.15, 0.2) is 0 Å². The highest BCUT2D eigenvalue weighted by molar-refractivity contribution is 7.98. The summed E-state index contributed by atoms with van der Waals surface area (Å²) in [5.74, 6) is 0.102. The average molecular weight is 719 g/mol. The highest BCUT2D eigenvalue weighted by Crippen LogP contribution is 2.37. The fourth-order valence-electron chi connectivity index (χ4n) is 7.98. The van der Waals surface area contributed by atoms with E-state index >= 15 is 0 Å². The standard InChI is InChI=1S/C41H54N2O5S2/c1-30-14-12-13-21-36(30)38-28-33(22-23-37(38)40(44)42-39(41(45)46)24-25-49-2)29-43(50(47,48)35-19-10-5-11-20-35)34(26-31-15-6-3-7-16-31)27-32-17-8-4-9-18-32/h5,10-14,19-23,28,31-32,34,39H,3-4,6-9,15-18,24-27,29H2,1-2H3,(H,42,44)(H,45,46)/t39-/m0/s1. The Balaban J connectivity index is 1.56. The van der Waals surface area contributed by atoms with Crippen LogP contribution in [0.3, 0.4) is 0 Å². The average Bonchev–Trinajstić information content (AvgIpc) is 3.13. The SMILES string of the molecule is CSCC[C@H](NC(=O)c1ccc(CN(C(CC2CCCCC2)CC2CCCCC2)S(=O)(=O)c2ccccc2)cc1-c1ccccc1C)C(=O)O. The second-order valence-electron chi connectivity index (χ2n) is 14.3. The molecular formula is C41H54N2O5S2. The van der Waals surface area contributed by atoms with Gasteiger partial charge in [0.2, 0.25) is 10.0 Å². The predicted molar refractivity (Wildman–Crippen MR) is 204 cm³/mol. The number of nitrogens with one attached hydrogen (secondary N) is 1. The van der Waals surface area contributed by atoms with Crippen LogP contribution in [0.25, 0.3) is 11.1 Å². The molecule has 2 fully saturated rings. The van der Waals surface area contributed by atoms with Crippen molar-refractivity contribution in [2.45, 2.75) is 114 Å². The summed E-state index contributed by atoms with van der Waals surface area (Å²) in [4.78, 5) is 26.1. The van der Waals surface area contributed by atoms with Crippen LogP contribution < -0.4 is 5.32 Å². The lowest BCUT2D eigenvalue weighted by molar-refractivity contribution is -0.139.